The number of methoxy groups -OCH3 is 1. The Morgan fingerprint density at radius 2 is 1.71 bits per heavy atom. The monoisotopic (exact) mass is 263 g/mol. The second kappa shape index (κ2) is 6.43. The lowest BCUT2D eigenvalue weighted by molar-refractivity contribution is 0.381. The Kier molecular flexibility index (Phi) is 5.94. The van der Waals surface area contributed by atoms with Crippen molar-refractivity contribution in [2.24, 2.45) is 0 Å². The standard InChI is InChI=1S/C10H15NO.H2O4S/c1-8-5-6-10(12-4)9(7-8)11(2)3;1-5(2,3)4/h5-7H,1-4H3;(H2,1,2,3,4). The highest BCUT2D eigenvalue weighted by atomic mass is 32.3. The van der Waals surface area contributed by atoms with E-state index in [9.17, 15) is 0 Å². The number of anilines is 1. The van der Waals surface area contributed by atoms with Gasteiger partial charge in [0.1, 0.15) is 5.75 Å². The number of hydrogen-bond donors (Lipinski definition) is 2. The van der Waals surface area contributed by atoms with E-state index in [4.69, 9.17) is 22.3 Å². The predicted molar refractivity (Wildman–Crippen MR) is 66.2 cm³/mol. The van der Waals surface area contributed by atoms with Crippen molar-refractivity contribution in [1.82, 2.24) is 0 Å². The highest BCUT2D eigenvalue weighted by Gasteiger charge is 2.03. The number of aryl methyl sites for hydroxylation is 1. The zero-order chi connectivity index (χ0) is 13.6. The maximum atomic E-state index is 8.74. The Bertz CT molecular complexity index is 448. The summed E-state index contributed by atoms with van der Waals surface area (Å²) in [6, 6.07) is 6.15. The second-order valence-corrected chi connectivity index (χ2v) is 4.41. The summed E-state index contributed by atoms with van der Waals surface area (Å²) in [5, 5.41) is 0. The van der Waals surface area contributed by atoms with E-state index in [2.05, 4.69) is 13.0 Å². The Labute approximate surface area is 101 Å². The van der Waals surface area contributed by atoms with Crippen molar-refractivity contribution in [2.45, 2.75) is 6.92 Å². The van der Waals surface area contributed by atoms with Crippen LogP contribution in [0.25, 0.3) is 0 Å². The van der Waals surface area contributed by atoms with Crippen molar-refractivity contribution in [3.8, 4) is 5.75 Å². The number of rotatable bonds is 2. The van der Waals surface area contributed by atoms with Gasteiger partial charge in [0.15, 0.2) is 0 Å². The van der Waals surface area contributed by atoms with Crippen LogP contribution >= 0.6 is 0 Å². The van der Waals surface area contributed by atoms with Gasteiger partial charge in [0.05, 0.1) is 12.8 Å². The van der Waals surface area contributed by atoms with Gasteiger partial charge in [-0.1, -0.05) is 6.07 Å². The van der Waals surface area contributed by atoms with Crippen molar-refractivity contribution < 1.29 is 22.3 Å². The Balaban J connectivity index is 0.000000437. The zero-order valence-corrected chi connectivity index (χ0v) is 11.0. The average Bonchev–Trinajstić information content (AvgIpc) is 2.15. The molecule has 0 spiro atoms. The summed E-state index contributed by atoms with van der Waals surface area (Å²) in [6.45, 7) is 2.08. The molecule has 0 aliphatic heterocycles. The smallest absolute Gasteiger partial charge is 0.394 e. The van der Waals surface area contributed by atoms with E-state index in [-0.39, 0.29) is 0 Å². The lowest BCUT2D eigenvalue weighted by Crippen LogP contribution is -2.10. The molecule has 6 nitrogen and oxygen atoms in total. The van der Waals surface area contributed by atoms with Gasteiger partial charge in [-0.3, -0.25) is 9.11 Å². The van der Waals surface area contributed by atoms with Gasteiger partial charge in [-0.2, -0.15) is 8.42 Å². The second-order valence-electron chi connectivity index (χ2n) is 3.52. The van der Waals surface area contributed by atoms with E-state index in [0.717, 1.165) is 11.4 Å². The molecule has 98 valence electrons. The van der Waals surface area contributed by atoms with Gasteiger partial charge in [0.25, 0.3) is 0 Å². The third kappa shape index (κ3) is 7.56. The summed E-state index contributed by atoms with van der Waals surface area (Å²) in [5.74, 6) is 0.922. The molecule has 2 N–H and O–H groups in total. The summed E-state index contributed by atoms with van der Waals surface area (Å²) in [5.41, 5.74) is 2.37. The third-order valence-electron chi connectivity index (χ3n) is 1.82. The zero-order valence-electron chi connectivity index (χ0n) is 10.2. The first-order valence-corrected chi connectivity index (χ1v) is 6.06. The molecule has 0 aliphatic carbocycles. The lowest BCUT2D eigenvalue weighted by Gasteiger charge is -2.16. The summed E-state index contributed by atoms with van der Waals surface area (Å²) >= 11 is 0. The molecule has 0 amide bonds. The van der Waals surface area contributed by atoms with Crippen LogP contribution in [0.3, 0.4) is 0 Å². The topological polar surface area (TPSA) is 87.1 Å². The van der Waals surface area contributed by atoms with Crippen molar-refractivity contribution in [1.29, 1.82) is 0 Å². The molecule has 0 aromatic heterocycles. The lowest BCUT2D eigenvalue weighted by atomic mass is 10.2. The average molecular weight is 263 g/mol. The van der Waals surface area contributed by atoms with Crippen LogP contribution in [0, 0.1) is 6.92 Å². The van der Waals surface area contributed by atoms with E-state index < -0.39 is 10.4 Å². The number of hydrogen-bond acceptors (Lipinski definition) is 4. The fourth-order valence-corrected chi connectivity index (χ4v) is 1.15. The van der Waals surface area contributed by atoms with Gasteiger partial charge in [-0.15, -0.1) is 0 Å². The summed E-state index contributed by atoms with van der Waals surface area (Å²) in [7, 11) is 1.05. The fourth-order valence-electron chi connectivity index (χ4n) is 1.15. The van der Waals surface area contributed by atoms with E-state index in [1.54, 1.807) is 7.11 Å². The van der Waals surface area contributed by atoms with Gasteiger partial charge in [-0.25, -0.2) is 0 Å². The molecule has 0 fully saturated rings. The first-order chi connectivity index (χ1) is 7.65. The minimum absolute atomic E-state index is 0.922. The molecular weight excluding hydrogens is 246 g/mol. The van der Waals surface area contributed by atoms with Crippen molar-refractivity contribution in [3.05, 3.63) is 23.8 Å². The quantitative estimate of drug-likeness (QED) is 0.785. The highest BCUT2D eigenvalue weighted by molar-refractivity contribution is 7.79. The molecule has 17 heavy (non-hydrogen) atoms. The molecule has 1 rings (SSSR count). The van der Waals surface area contributed by atoms with E-state index in [0.29, 0.717) is 0 Å². The van der Waals surface area contributed by atoms with Gasteiger partial charge < -0.3 is 9.64 Å². The maximum absolute atomic E-state index is 8.74. The fraction of sp³-hybridized carbons (Fsp3) is 0.400. The molecule has 7 heteroatoms. The maximum Gasteiger partial charge on any atom is 0.394 e. The van der Waals surface area contributed by atoms with Crippen molar-refractivity contribution in [2.75, 3.05) is 26.1 Å². The molecule has 1 aromatic rings. The Morgan fingerprint density at radius 1 is 1.24 bits per heavy atom. The minimum Gasteiger partial charge on any atom is -0.495 e. The summed E-state index contributed by atoms with van der Waals surface area (Å²) in [6.07, 6.45) is 0. The first kappa shape index (κ1) is 15.7. The van der Waals surface area contributed by atoms with E-state index in [1.165, 1.54) is 5.56 Å². The number of nitrogens with zero attached hydrogens (tertiary/aromatic N) is 1. The number of ether oxygens (including phenoxy) is 1. The Hall–Kier alpha value is -1.31. The van der Waals surface area contributed by atoms with Crippen LogP contribution < -0.4 is 9.64 Å². The van der Waals surface area contributed by atoms with Crippen LogP contribution in [0.4, 0.5) is 5.69 Å². The van der Waals surface area contributed by atoms with Crippen LogP contribution in [-0.2, 0) is 10.4 Å². The molecular formula is C10H17NO5S. The SMILES string of the molecule is COc1ccc(C)cc1N(C)C.O=S(=O)(O)O. The van der Waals surface area contributed by atoms with E-state index >= 15 is 0 Å². The van der Waals surface area contributed by atoms with Crippen LogP contribution in [0.5, 0.6) is 5.75 Å². The molecule has 0 heterocycles. The first-order valence-electron chi connectivity index (χ1n) is 4.67. The molecule has 0 unspecified atom stereocenters. The van der Waals surface area contributed by atoms with E-state index in [1.807, 2.05) is 31.1 Å². The van der Waals surface area contributed by atoms with Gasteiger partial charge >= 0.3 is 10.4 Å². The molecule has 0 saturated carbocycles. The molecule has 0 bridgehead atoms. The summed E-state index contributed by atoms with van der Waals surface area (Å²) < 4.78 is 36.8. The summed E-state index contributed by atoms with van der Waals surface area (Å²) in [4.78, 5) is 2.05. The van der Waals surface area contributed by atoms with Gasteiger partial charge in [0, 0.05) is 14.1 Å². The number of benzene rings is 1. The van der Waals surface area contributed by atoms with Crippen LogP contribution in [0.2, 0.25) is 0 Å². The van der Waals surface area contributed by atoms with Crippen LogP contribution in [-0.4, -0.2) is 38.7 Å². The molecule has 0 saturated heterocycles. The highest BCUT2D eigenvalue weighted by Crippen LogP contribution is 2.27. The minimum atomic E-state index is -4.67. The molecule has 0 radical (unpaired) electrons. The molecule has 0 atom stereocenters. The largest absolute Gasteiger partial charge is 0.495 e. The van der Waals surface area contributed by atoms with Crippen LogP contribution in [0.15, 0.2) is 18.2 Å². The molecule has 0 aliphatic rings. The third-order valence-corrected chi connectivity index (χ3v) is 1.82. The normalized spacial score (nSPS) is 10.2. The van der Waals surface area contributed by atoms with Crippen molar-refractivity contribution in [3.63, 3.8) is 0 Å². The van der Waals surface area contributed by atoms with Crippen LogP contribution in [0.1, 0.15) is 5.56 Å². The van der Waals surface area contributed by atoms with Crippen molar-refractivity contribution >= 4 is 16.1 Å². The predicted octanol–water partition coefficient (Wildman–Crippen LogP) is 1.42. The molecule has 1 aromatic carbocycles. The Morgan fingerprint density at radius 3 is 2.06 bits per heavy atom. The van der Waals surface area contributed by atoms with Gasteiger partial charge in [0.2, 0.25) is 0 Å². The van der Waals surface area contributed by atoms with Gasteiger partial charge in [-0.05, 0) is 24.6 Å².